The van der Waals surface area contributed by atoms with E-state index < -0.39 is 0 Å². The fourth-order valence-corrected chi connectivity index (χ4v) is 4.49. The Bertz CT molecular complexity index is 1040. The average Bonchev–Trinajstić information content (AvgIpc) is 3.49. The molecule has 0 aromatic carbocycles. The van der Waals surface area contributed by atoms with Gasteiger partial charge in [-0.2, -0.15) is 5.10 Å². The number of hydrogen-bond donors (Lipinski definition) is 0. The van der Waals surface area contributed by atoms with Crippen molar-refractivity contribution in [2.75, 3.05) is 5.75 Å². The van der Waals surface area contributed by atoms with Crippen molar-refractivity contribution in [3.63, 3.8) is 0 Å². The summed E-state index contributed by atoms with van der Waals surface area (Å²) >= 11 is 1.45. The van der Waals surface area contributed by atoms with E-state index in [0.717, 1.165) is 28.8 Å². The number of hydrogen-bond acceptors (Lipinski definition) is 6. The molecule has 8 heteroatoms. The van der Waals surface area contributed by atoms with Crippen LogP contribution in [0.1, 0.15) is 49.2 Å². The highest BCUT2D eigenvalue weighted by Gasteiger charge is 2.35. The summed E-state index contributed by atoms with van der Waals surface area (Å²) in [5.74, 6) is 2.05. The van der Waals surface area contributed by atoms with E-state index >= 15 is 0 Å². The Morgan fingerprint density at radius 2 is 2.00 bits per heavy atom. The molecule has 0 N–H and O–H groups in total. The number of imidazole rings is 1. The third kappa shape index (κ3) is 4.09. The number of carbonyl (C=O) groups is 1. The topological polar surface area (TPSA) is 76.8 Å². The van der Waals surface area contributed by atoms with Crippen LogP contribution in [-0.4, -0.2) is 31.9 Å². The Balaban J connectivity index is 1.53. The van der Waals surface area contributed by atoms with Gasteiger partial charge < -0.3 is 13.4 Å². The Labute approximate surface area is 180 Å². The summed E-state index contributed by atoms with van der Waals surface area (Å²) in [6.45, 7) is 9.31. The molecule has 1 amide bonds. The maximum atomic E-state index is 13.2. The van der Waals surface area contributed by atoms with Crippen LogP contribution in [-0.2, 0) is 11.3 Å². The summed E-state index contributed by atoms with van der Waals surface area (Å²) in [5.41, 5.74) is 2.89. The summed E-state index contributed by atoms with van der Waals surface area (Å²) < 4.78 is 13.3. The monoisotopic (exact) mass is 426 g/mol. The zero-order valence-corrected chi connectivity index (χ0v) is 18.5. The van der Waals surface area contributed by atoms with Crippen LogP contribution >= 0.6 is 11.8 Å². The van der Waals surface area contributed by atoms with E-state index in [9.17, 15) is 4.79 Å². The number of furan rings is 2. The van der Waals surface area contributed by atoms with Crippen LogP contribution in [0.3, 0.4) is 0 Å². The van der Waals surface area contributed by atoms with Gasteiger partial charge in [0.05, 0.1) is 24.0 Å². The predicted octanol–water partition coefficient (Wildman–Crippen LogP) is 4.81. The smallest absolute Gasteiger partial charge is 0.253 e. The number of aryl methyl sites for hydroxylation is 1. The number of nitrogens with zero attached hydrogens (tertiary/aromatic N) is 4. The molecule has 1 aliphatic heterocycles. The van der Waals surface area contributed by atoms with Gasteiger partial charge in [0.2, 0.25) is 0 Å². The molecular formula is C22H26N4O3S. The summed E-state index contributed by atoms with van der Waals surface area (Å²) in [4.78, 5) is 17.8. The molecule has 0 saturated heterocycles. The number of amides is 1. The quantitative estimate of drug-likeness (QED) is 0.507. The summed E-state index contributed by atoms with van der Waals surface area (Å²) in [6, 6.07) is 7.10. The van der Waals surface area contributed by atoms with Crippen LogP contribution in [0.5, 0.6) is 0 Å². The lowest BCUT2D eigenvalue weighted by Gasteiger charge is -2.19. The first-order chi connectivity index (χ1) is 14.4. The van der Waals surface area contributed by atoms with E-state index in [1.165, 1.54) is 16.8 Å². The molecule has 0 fully saturated rings. The normalized spacial score (nSPS) is 16.5. The van der Waals surface area contributed by atoms with E-state index in [-0.39, 0.29) is 17.7 Å². The number of carbonyl (C=O) groups excluding carboxylic acids is 1. The van der Waals surface area contributed by atoms with Crippen molar-refractivity contribution >= 4 is 23.4 Å². The van der Waals surface area contributed by atoms with Crippen molar-refractivity contribution in [2.45, 2.75) is 51.9 Å². The van der Waals surface area contributed by atoms with Crippen LogP contribution < -0.4 is 0 Å². The molecular weight excluding hydrogens is 400 g/mol. The second-order valence-electron chi connectivity index (χ2n) is 7.86. The fourth-order valence-electron chi connectivity index (χ4n) is 3.54. The van der Waals surface area contributed by atoms with Gasteiger partial charge in [0.15, 0.2) is 5.16 Å². The number of thioether (sulfide) groups is 1. The zero-order valence-electron chi connectivity index (χ0n) is 17.7. The zero-order chi connectivity index (χ0) is 21.3. The fraction of sp³-hybridized carbons (Fsp3) is 0.409. The maximum Gasteiger partial charge on any atom is 0.253 e. The molecule has 0 radical (unpaired) electrons. The lowest BCUT2D eigenvalue weighted by molar-refractivity contribution is -0.130. The Kier molecular flexibility index (Phi) is 5.85. The minimum Gasteiger partial charge on any atom is -0.467 e. The molecule has 4 heterocycles. The first-order valence-corrected chi connectivity index (χ1v) is 11.1. The van der Waals surface area contributed by atoms with Gasteiger partial charge in [0.1, 0.15) is 23.3 Å². The van der Waals surface area contributed by atoms with Crippen molar-refractivity contribution in [1.82, 2.24) is 14.6 Å². The first-order valence-electron chi connectivity index (χ1n) is 10.1. The van der Waals surface area contributed by atoms with Gasteiger partial charge in [-0.25, -0.2) is 9.99 Å². The minimum atomic E-state index is -0.271. The number of aromatic nitrogens is 2. The number of rotatable bonds is 7. The van der Waals surface area contributed by atoms with E-state index in [2.05, 4.69) is 35.4 Å². The highest BCUT2D eigenvalue weighted by Crippen LogP contribution is 2.34. The van der Waals surface area contributed by atoms with E-state index in [1.54, 1.807) is 12.5 Å². The molecule has 158 valence electrons. The van der Waals surface area contributed by atoms with Gasteiger partial charge >= 0.3 is 0 Å². The highest BCUT2D eigenvalue weighted by atomic mass is 32.2. The molecule has 0 spiro atoms. The predicted molar refractivity (Wildman–Crippen MR) is 115 cm³/mol. The summed E-state index contributed by atoms with van der Waals surface area (Å²) in [7, 11) is 0. The van der Waals surface area contributed by atoms with Crippen LogP contribution in [0.25, 0.3) is 0 Å². The van der Waals surface area contributed by atoms with Crippen molar-refractivity contribution in [2.24, 2.45) is 11.0 Å². The number of hydrazone groups is 1. The molecule has 4 rings (SSSR count). The van der Waals surface area contributed by atoms with Crippen molar-refractivity contribution < 1.29 is 13.6 Å². The third-order valence-electron chi connectivity index (χ3n) is 5.14. The standard InChI is InChI=1S/C22H26N4O3S/c1-14(2)12-25-16(4)15(3)23-22(25)30-13-21(27)26-18(20-8-6-10-29-20)11-17(24-26)19-7-5-9-28-19/h5-10,14,18H,11-13H2,1-4H3/t18-/m0/s1. The van der Waals surface area contributed by atoms with E-state index in [4.69, 9.17) is 8.83 Å². The highest BCUT2D eigenvalue weighted by molar-refractivity contribution is 7.99. The van der Waals surface area contributed by atoms with Gasteiger partial charge in [-0.3, -0.25) is 4.79 Å². The lowest BCUT2D eigenvalue weighted by Crippen LogP contribution is -2.28. The van der Waals surface area contributed by atoms with Crippen LogP contribution in [0.2, 0.25) is 0 Å². The molecule has 30 heavy (non-hydrogen) atoms. The first kappa shape index (κ1) is 20.5. The molecule has 7 nitrogen and oxygen atoms in total. The van der Waals surface area contributed by atoms with Crippen LogP contribution in [0.4, 0.5) is 0 Å². The largest absolute Gasteiger partial charge is 0.467 e. The third-order valence-corrected chi connectivity index (χ3v) is 6.10. The summed E-state index contributed by atoms with van der Waals surface area (Å²) in [5, 5.41) is 6.98. The second-order valence-corrected chi connectivity index (χ2v) is 8.80. The molecule has 0 aliphatic carbocycles. The van der Waals surface area contributed by atoms with E-state index in [1.807, 2.05) is 31.2 Å². The van der Waals surface area contributed by atoms with Gasteiger partial charge in [-0.1, -0.05) is 25.6 Å². The average molecular weight is 427 g/mol. The van der Waals surface area contributed by atoms with Gasteiger partial charge in [-0.05, 0) is 44.0 Å². The van der Waals surface area contributed by atoms with Crippen LogP contribution in [0, 0.1) is 19.8 Å². The van der Waals surface area contributed by atoms with Crippen molar-refractivity contribution in [3.8, 4) is 0 Å². The summed E-state index contributed by atoms with van der Waals surface area (Å²) in [6.07, 6.45) is 3.78. The Hall–Kier alpha value is -2.74. The molecule has 1 aliphatic rings. The van der Waals surface area contributed by atoms with Crippen molar-refractivity contribution in [3.05, 3.63) is 59.7 Å². The van der Waals surface area contributed by atoms with Crippen LogP contribution in [0.15, 0.2) is 55.9 Å². The second kappa shape index (κ2) is 8.55. The van der Waals surface area contributed by atoms with E-state index in [0.29, 0.717) is 23.9 Å². The molecule has 0 bridgehead atoms. The molecule has 0 saturated carbocycles. The minimum absolute atomic E-state index is 0.0858. The SMILES string of the molecule is Cc1nc(SCC(=O)N2N=C(c3ccco3)C[C@H]2c2ccco2)n(CC(C)C)c1C. The van der Waals surface area contributed by atoms with Crippen molar-refractivity contribution in [1.29, 1.82) is 0 Å². The molecule has 1 atom stereocenters. The molecule has 3 aromatic rings. The lowest BCUT2D eigenvalue weighted by atomic mass is 10.1. The molecule has 3 aromatic heterocycles. The van der Waals surface area contributed by atoms with Gasteiger partial charge in [0, 0.05) is 18.7 Å². The molecule has 0 unspecified atom stereocenters. The van der Waals surface area contributed by atoms with Gasteiger partial charge in [-0.15, -0.1) is 0 Å². The van der Waals surface area contributed by atoms with Gasteiger partial charge in [0.25, 0.3) is 5.91 Å². The maximum absolute atomic E-state index is 13.2. The Morgan fingerprint density at radius 3 is 2.67 bits per heavy atom. The Morgan fingerprint density at radius 1 is 1.23 bits per heavy atom.